The van der Waals surface area contributed by atoms with Gasteiger partial charge in [-0.3, -0.25) is 0 Å². The third-order valence-electron chi connectivity index (χ3n) is 6.42. The average Bonchev–Trinajstić information content (AvgIpc) is 3.93. The Morgan fingerprint density at radius 2 is 1.32 bits per heavy atom. The first-order valence-electron chi connectivity index (χ1n) is 14.6. The largest absolute Gasteiger partial charge is 0.461 e. The van der Waals surface area contributed by atoms with Crippen molar-refractivity contribution in [2.45, 2.75) is 18.2 Å². The second-order valence-electron chi connectivity index (χ2n) is 10.1. The zero-order chi connectivity index (χ0) is 35.1. The number of nitrogens with two attached hydrogens (primary N) is 3. The molecule has 0 aromatic carbocycles. The van der Waals surface area contributed by atoms with Crippen molar-refractivity contribution in [3.8, 4) is 23.2 Å². The Kier molecular flexibility index (Phi) is 9.66. The fourth-order valence-corrected chi connectivity index (χ4v) is 4.65. The molecule has 23 heteroatoms. The molecule has 8 aromatic rings. The van der Waals surface area contributed by atoms with Gasteiger partial charge in [-0.05, 0) is 24.3 Å². The lowest BCUT2D eigenvalue weighted by Gasteiger charge is -2.06. The molecule has 7 N–H and O–H groups in total. The van der Waals surface area contributed by atoms with E-state index < -0.39 is 15.0 Å². The summed E-state index contributed by atoms with van der Waals surface area (Å²) in [6.07, 6.45) is 14.8. The SMILES string of the molecule is CS(=O)(=O)c1nc(N)n2nc(-c3ccco3)nc2n1.NCCn1ccnc1.Nc1nc(NCCn2ccnc2)nc2nc(-c3ccco3)nn12. The van der Waals surface area contributed by atoms with Crippen LogP contribution in [0.25, 0.3) is 34.7 Å². The highest BCUT2D eigenvalue weighted by Crippen LogP contribution is 2.19. The molecule has 8 heterocycles. The second-order valence-corrected chi connectivity index (χ2v) is 12.0. The standard InChI is InChI=1S/C13H13N9O.C9H8N6O3S.C5H9N3/c14-11-18-12(16-4-6-21-5-3-15-8-21)19-13-17-10(20-22(11)13)9-2-1-7-23-9;1-19(16,17)9-12-7(10)15-8(13-9)11-6(14-15)5-3-2-4-18-5;6-1-3-8-4-2-7-5-8/h1-3,5,7-8H,4,6H2,(H3,14,16,17,18,19,20);2-4H,1H3,(H2,10,11,12,13,14);2,4-5H,1,3,6H2. The molecule has 0 aliphatic heterocycles. The van der Waals surface area contributed by atoms with Gasteiger partial charge in [-0.1, -0.05) is 0 Å². The van der Waals surface area contributed by atoms with Crippen molar-refractivity contribution in [2.75, 3.05) is 36.1 Å². The molecular weight excluding hydrogens is 672 g/mol. The Morgan fingerprint density at radius 3 is 1.82 bits per heavy atom. The summed E-state index contributed by atoms with van der Waals surface area (Å²) in [5.74, 6) is 2.50. The number of nitrogens with zero attached hydrogens (tertiary/aromatic N) is 14. The van der Waals surface area contributed by atoms with Gasteiger partial charge in [-0.2, -0.15) is 38.9 Å². The molecule has 0 unspecified atom stereocenters. The summed E-state index contributed by atoms with van der Waals surface area (Å²) in [6.45, 7) is 2.90. The molecule has 0 amide bonds. The smallest absolute Gasteiger partial charge is 0.259 e. The first-order chi connectivity index (χ1) is 24.2. The Morgan fingerprint density at radius 1 is 0.760 bits per heavy atom. The third kappa shape index (κ3) is 7.85. The van der Waals surface area contributed by atoms with Gasteiger partial charge in [0.25, 0.3) is 16.7 Å². The van der Waals surface area contributed by atoms with Crippen molar-refractivity contribution < 1.29 is 17.3 Å². The van der Waals surface area contributed by atoms with E-state index in [0.717, 1.165) is 23.9 Å². The number of hydrogen-bond acceptors (Lipinski definition) is 18. The van der Waals surface area contributed by atoms with Crippen molar-refractivity contribution in [3.63, 3.8) is 0 Å². The molecule has 0 bridgehead atoms. The van der Waals surface area contributed by atoms with Crippen LogP contribution in [0.15, 0.2) is 88.2 Å². The minimum atomic E-state index is -3.57. The van der Waals surface area contributed by atoms with E-state index in [1.54, 1.807) is 55.6 Å². The van der Waals surface area contributed by atoms with Crippen LogP contribution in [0.1, 0.15) is 0 Å². The zero-order valence-corrected chi connectivity index (χ0v) is 27.1. The number of sulfone groups is 1. The van der Waals surface area contributed by atoms with Crippen molar-refractivity contribution in [3.05, 3.63) is 74.2 Å². The molecule has 0 radical (unpaired) electrons. The lowest BCUT2D eigenvalue weighted by Crippen LogP contribution is -2.14. The van der Waals surface area contributed by atoms with Crippen molar-refractivity contribution >= 4 is 39.2 Å². The van der Waals surface area contributed by atoms with E-state index in [2.05, 4.69) is 55.4 Å². The van der Waals surface area contributed by atoms with Crippen LogP contribution in [0.5, 0.6) is 0 Å². The van der Waals surface area contributed by atoms with Gasteiger partial charge >= 0.3 is 0 Å². The lowest BCUT2D eigenvalue weighted by atomic mass is 10.4. The van der Waals surface area contributed by atoms with Gasteiger partial charge in [0.1, 0.15) is 0 Å². The van der Waals surface area contributed by atoms with E-state index in [0.29, 0.717) is 42.2 Å². The molecule has 8 rings (SSSR count). The fraction of sp³-hybridized carbons (Fsp3) is 0.185. The van der Waals surface area contributed by atoms with E-state index >= 15 is 0 Å². The highest BCUT2D eigenvalue weighted by Gasteiger charge is 2.18. The predicted octanol–water partition coefficient (Wildman–Crippen LogP) is 0.277. The maximum Gasteiger partial charge on any atom is 0.259 e. The molecule has 50 heavy (non-hydrogen) atoms. The Labute approximate surface area is 282 Å². The van der Waals surface area contributed by atoms with E-state index in [1.807, 2.05) is 21.5 Å². The summed E-state index contributed by atoms with van der Waals surface area (Å²) >= 11 is 0. The summed E-state index contributed by atoms with van der Waals surface area (Å²) in [5, 5.41) is 11.0. The van der Waals surface area contributed by atoms with Gasteiger partial charge in [0.15, 0.2) is 11.5 Å². The number of nitrogen functional groups attached to an aromatic ring is 2. The van der Waals surface area contributed by atoms with Gasteiger partial charge in [0, 0.05) is 57.2 Å². The minimum Gasteiger partial charge on any atom is -0.461 e. The van der Waals surface area contributed by atoms with Crippen LogP contribution in [0, 0.1) is 0 Å². The quantitative estimate of drug-likeness (QED) is 0.157. The molecule has 8 aromatic heterocycles. The average molecular weight is 703 g/mol. The number of aromatic nitrogens is 14. The molecule has 0 aliphatic rings. The van der Waals surface area contributed by atoms with Gasteiger partial charge in [-0.25, -0.2) is 18.4 Å². The second kappa shape index (κ2) is 14.6. The molecular formula is C27H30N18O4S. The summed E-state index contributed by atoms with van der Waals surface area (Å²) < 4.78 is 39.6. The van der Waals surface area contributed by atoms with Gasteiger partial charge in [-0.15, -0.1) is 10.2 Å². The number of nitrogens with one attached hydrogen (secondary N) is 1. The van der Waals surface area contributed by atoms with E-state index in [1.165, 1.54) is 10.8 Å². The number of rotatable bonds is 9. The van der Waals surface area contributed by atoms with Gasteiger partial charge in [0.2, 0.25) is 39.3 Å². The molecule has 0 spiro atoms. The topological polar surface area (TPSA) is 298 Å². The highest BCUT2D eigenvalue weighted by molar-refractivity contribution is 7.90. The molecule has 258 valence electrons. The number of imidazole rings is 2. The monoisotopic (exact) mass is 702 g/mol. The number of anilines is 3. The minimum absolute atomic E-state index is 0.0410. The van der Waals surface area contributed by atoms with Crippen LogP contribution >= 0.6 is 0 Å². The third-order valence-corrected chi connectivity index (χ3v) is 7.27. The molecule has 0 fully saturated rings. The summed E-state index contributed by atoms with van der Waals surface area (Å²) in [4.78, 5) is 32.2. The maximum absolute atomic E-state index is 11.4. The molecule has 22 nitrogen and oxygen atoms in total. The van der Waals surface area contributed by atoms with Crippen LogP contribution in [0.2, 0.25) is 0 Å². The first kappa shape index (κ1) is 33.2. The van der Waals surface area contributed by atoms with Crippen molar-refractivity contribution in [2.24, 2.45) is 5.73 Å². The van der Waals surface area contributed by atoms with E-state index in [4.69, 9.17) is 26.0 Å². The van der Waals surface area contributed by atoms with Crippen LogP contribution in [0.4, 0.5) is 17.8 Å². The number of fused-ring (bicyclic) bond motifs is 2. The first-order valence-corrected chi connectivity index (χ1v) is 16.5. The van der Waals surface area contributed by atoms with E-state index in [-0.39, 0.29) is 23.5 Å². The fourth-order valence-electron chi connectivity index (χ4n) is 4.14. The van der Waals surface area contributed by atoms with Crippen LogP contribution in [-0.2, 0) is 22.9 Å². The van der Waals surface area contributed by atoms with Crippen LogP contribution in [-0.4, -0.2) is 96.0 Å². The molecule has 0 saturated heterocycles. The molecule has 0 saturated carbocycles. The highest BCUT2D eigenvalue weighted by atomic mass is 32.2. The Hall–Kier alpha value is -6.75. The predicted molar refractivity (Wildman–Crippen MR) is 176 cm³/mol. The van der Waals surface area contributed by atoms with Crippen LogP contribution in [0.3, 0.4) is 0 Å². The lowest BCUT2D eigenvalue weighted by molar-refractivity contribution is 0.577. The summed E-state index contributed by atoms with van der Waals surface area (Å²) in [7, 11) is -3.57. The van der Waals surface area contributed by atoms with Gasteiger partial charge < -0.3 is 40.5 Å². The Bertz CT molecular complexity index is 2370. The summed E-state index contributed by atoms with van der Waals surface area (Å²) in [6, 6.07) is 6.87. The molecule has 0 aliphatic carbocycles. The van der Waals surface area contributed by atoms with Crippen molar-refractivity contribution in [1.29, 1.82) is 0 Å². The van der Waals surface area contributed by atoms with Crippen LogP contribution < -0.4 is 22.5 Å². The number of hydrogen-bond donors (Lipinski definition) is 4. The normalized spacial score (nSPS) is 11.2. The van der Waals surface area contributed by atoms with Crippen molar-refractivity contribution in [1.82, 2.24) is 68.2 Å². The van der Waals surface area contributed by atoms with Gasteiger partial charge in [0.05, 0.1) is 25.2 Å². The maximum atomic E-state index is 11.4. The number of furan rings is 2. The molecule has 0 atom stereocenters. The zero-order valence-electron chi connectivity index (χ0n) is 26.3. The summed E-state index contributed by atoms with van der Waals surface area (Å²) in [5.41, 5.74) is 16.8. The Balaban J connectivity index is 0.000000144. The van der Waals surface area contributed by atoms with E-state index in [9.17, 15) is 8.42 Å².